The lowest BCUT2D eigenvalue weighted by Gasteiger charge is -2.28. The predicted octanol–water partition coefficient (Wildman–Crippen LogP) is 1.28. The average molecular weight is 435 g/mol. The number of nitrogens with one attached hydrogen (secondary N) is 1. The minimum absolute atomic E-state index is 0.228. The van der Waals surface area contributed by atoms with E-state index in [9.17, 15) is 9.90 Å². The van der Waals surface area contributed by atoms with Gasteiger partial charge < -0.3 is 19.9 Å². The molecule has 5 rings (SSSR count). The monoisotopic (exact) mass is 435 g/mol. The molecule has 1 amide bonds. The highest BCUT2D eigenvalue weighted by molar-refractivity contribution is 5.93. The number of ether oxygens (including phenoxy) is 2. The Hall–Kier alpha value is -3.30. The highest BCUT2D eigenvalue weighted by Gasteiger charge is 2.27. The van der Waals surface area contributed by atoms with Crippen LogP contribution in [0.2, 0.25) is 0 Å². The smallest absolute Gasteiger partial charge is 0.270 e. The average Bonchev–Trinajstić information content (AvgIpc) is 3.45. The molecule has 0 saturated carbocycles. The van der Waals surface area contributed by atoms with Crippen molar-refractivity contribution in [2.75, 3.05) is 19.8 Å². The van der Waals surface area contributed by atoms with Crippen LogP contribution in [0.25, 0.3) is 11.3 Å². The molecule has 1 saturated heterocycles. The highest BCUT2D eigenvalue weighted by Crippen LogP contribution is 2.31. The number of aryl methyl sites for hydroxylation is 1. The molecule has 3 aromatic rings. The number of aromatic nitrogens is 4. The van der Waals surface area contributed by atoms with Crippen LogP contribution in [0.3, 0.4) is 0 Å². The molecule has 4 heterocycles. The molecular weight excluding hydrogens is 410 g/mol. The van der Waals surface area contributed by atoms with Crippen LogP contribution < -0.4 is 10.1 Å². The van der Waals surface area contributed by atoms with Crippen LogP contribution in [0, 0.1) is 0 Å². The first kappa shape index (κ1) is 20.6. The third kappa shape index (κ3) is 4.21. The predicted molar refractivity (Wildman–Crippen MR) is 115 cm³/mol. The largest absolute Gasteiger partial charge is 0.491 e. The molecule has 32 heavy (non-hydrogen) atoms. The van der Waals surface area contributed by atoms with Crippen LogP contribution in [0.15, 0.2) is 36.5 Å². The number of rotatable bonds is 5. The van der Waals surface area contributed by atoms with Crippen molar-refractivity contribution in [1.82, 2.24) is 25.3 Å². The lowest BCUT2D eigenvalue weighted by Crippen LogP contribution is -2.48. The fraction of sp³-hybridized carbons (Fsp3) is 0.391. The molecular formula is C23H25N5O4. The standard InChI is InChI=1S/C23H25N5O4/c1-28-12-20(26-27-28)15-4-2-14(3-5-15)10-16-11-19(24-18-7-9-32-22(16)18)23(30)25-17-6-8-31-13-21(17)29/h2-5,11-12,17,21,29H,6-10,13H2,1H3,(H,25,30)/t17-,21-/m0/s1. The number of carbonyl (C=O) groups is 1. The number of hydrogen-bond donors (Lipinski definition) is 2. The zero-order valence-corrected chi connectivity index (χ0v) is 17.8. The number of nitrogens with zero attached hydrogens (tertiary/aromatic N) is 4. The van der Waals surface area contributed by atoms with Gasteiger partial charge in [-0.1, -0.05) is 29.5 Å². The Morgan fingerprint density at radius 2 is 2.12 bits per heavy atom. The summed E-state index contributed by atoms with van der Waals surface area (Å²) < 4.78 is 12.7. The second-order valence-corrected chi connectivity index (χ2v) is 8.20. The first-order valence-electron chi connectivity index (χ1n) is 10.7. The summed E-state index contributed by atoms with van der Waals surface area (Å²) in [6.45, 7) is 1.31. The SMILES string of the molecule is Cn1cc(-c2ccc(Cc3cc(C(=O)N[C@H]4CCOC[C@@H]4O)nc4c3OCC4)cc2)nn1. The lowest BCUT2D eigenvalue weighted by molar-refractivity contribution is -0.0261. The van der Waals surface area contributed by atoms with E-state index in [0.717, 1.165) is 33.8 Å². The van der Waals surface area contributed by atoms with Gasteiger partial charge in [0.25, 0.3) is 5.91 Å². The number of fused-ring (bicyclic) bond motifs is 1. The molecule has 0 bridgehead atoms. The van der Waals surface area contributed by atoms with Crippen LogP contribution >= 0.6 is 0 Å². The molecule has 9 nitrogen and oxygen atoms in total. The molecule has 0 aliphatic carbocycles. The van der Waals surface area contributed by atoms with E-state index in [0.29, 0.717) is 38.2 Å². The second-order valence-electron chi connectivity index (χ2n) is 8.20. The minimum atomic E-state index is -0.710. The highest BCUT2D eigenvalue weighted by atomic mass is 16.5. The van der Waals surface area contributed by atoms with E-state index in [1.165, 1.54) is 0 Å². The van der Waals surface area contributed by atoms with Crippen molar-refractivity contribution < 1.29 is 19.4 Å². The van der Waals surface area contributed by atoms with Gasteiger partial charge in [-0.15, -0.1) is 5.10 Å². The van der Waals surface area contributed by atoms with Crippen LogP contribution in [-0.4, -0.2) is 63.0 Å². The van der Waals surface area contributed by atoms with Gasteiger partial charge >= 0.3 is 0 Å². The van der Waals surface area contributed by atoms with E-state index in [-0.39, 0.29) is 18.6 Å². The van der Waals surface area contributed by atoms with Crippen molar-refractivity contribution in [2.45, 2.75) is 31.4 Å². The van der Waals surface area contributed by atoms with Crippen molar-refractivity contribution in [3.63, 3.8) is 0 Å². The van der Waals surface area contributed by atoms with Gasteiger partial charge in [0.15, 0.2) is 0 Å². The third-order valence-electron chi connectivity index (χ3n) is 5.83. The van der Waals surface area contributed by atoms with E-state index in [1.807, 2.05) is 37.5 Å². The zero-order valence-electron chi connectivity index (χ0n) is 17.8. The Kier molecular flexibility index (Phi) is 5.59. The molecule has 1 fully saturated rings. The van der Waals surface area contributed by atoms with Crippen molar-refractivity contribution in [1.29, 1.82) is 0 Å². The molecule has 2 aliphatic heterocycles. The topological polar surface area (TPSA) is 111 Å². The van der Waals surface area contributed by atoms with E-state index >= 15 is 0 Å². The number of carbonyl (C=O) groups excluding carboxylic acids is 1. The molecule has 9 heteroatoms. The number of benzene rings is 1. The van der Waals surface area contributed by atoms with Crippen LogP contribution in [-0.2, 0) is 24.6 Å². The van der Waals surface area contributed by atoms with Crippen molar-refractivity contribution in [2.24, 2.45) is 7.05 Å². The Morgan fingerprint density at radius 1 is 1.28 bits per heavy atom. The van der Waals surface area contributed by atoms with E-state index in [1.54, 1.807) is 10.7 Å². The van der Waals surface area contributed by atoms with E-state index < -0.39 is 6.10 Å². The van der Waals surface area contributed by atoms with Crippen molar-refractivity contribution in [3.05, 3.63) is 59.0 Å². The van der Waals surface area contributed by atoms with Gasteiger partial charge in [0.1, 0.15) is 17.1 Å². The summed E-state index contributed by atoms with van der Waals surface area (Å²) in [6.07, 6.45) is 3.03. The van der Waals surface area contributed by atoms with Crippen LogP contribution in [0.1, 0.15) is 33.7 Å². The first-order chi connectivity index (χ1) is 15.6. The minimum Gasteiger partial charge on any atom is -0.491 e. The quantitative estimate of drug-likeness (QED) is 0.621. The summed E-state index contributed by atoms with van der Waals surface area (Å²) in [6, 6.07) is 9.58. The number of pyridine rings is 1. The number of aliphatic hydroxyl groups excluding tert-OH is 1. The molecule has 2 atom stereocenters. The Balaban J connectivity index is 1.36. The fourth-order valence-corrected chi connectivity index (χ4v) is 4.11. The molecule has 1 aromatic carbocycles. The van der Waals surface area contributed by atoms with Crippen LogP contribution in [0.4, 0.5) is 0 Å². The lowest BCUT2D eigenvalue weighted by atomic mass is 10.0. The molecule has 166 valence electrons. The van der Waals surface area contributed by atoms with Gasteiger partial charge in [0, 0.05) is 37.6 Å². The summed E-state index contributed by atoms with van der Waals surface area (Å²) in [5, 5.41) is 21.1. The maximum Gasteiger partial charge on any atom is 0.270 e. The number of hydrogen-bond acceptors (Lipinski definition) is 7. The zero-order chi connectivity index (χ0) is 22.1. The molecule has 2 aromatic heterocycles. The van der Waals surface area contributed by atoms with Gasteiger partial charge in [-0.2, -0.15) is 0 Å². The summed E-state index contributed by atoms with van der Waals surface area (Å²) in [5.41, 5.74) is 4.98. The van der Waals surface area contributed by atoms with E-state index in [2.05, 4.69) is 20.6 Å². The fourth-order valence-electron chi connectivity index (χ4n) is 4.11. The number of amides is 1. The normalized spacial score (nSPS) is 19.9. The number of aliphatic hydroxyl groups is 1. The first-order valence-corrected chi connectivity index (χ1v) is 10.7. The second kappa shape index (κ2) is 8.68. The van der Waals surface area contributed by atoms with Gasteiger partial charge in [-0.25, -0.2) is 4.98 Å². The van der Waals surface area contributed by atoms with Gasteiger partial charge in [0.2, 0.25) is 0 Å². The van der Waals surface area contributed by atoms with Gasteiger partial charge in [0.05, 0.1) is 37.3 Å². The van der Waals surface area contributed by atoms with E-state index in [4.69, 9.17) is 9.47 Å². The van der Waals surface area contributed by atoms with Crippen molar-refractivity contribution >= 4 is 5.91 Å². The Morgan fingerprint density at radius 3 is 2.88 bits per heavy atom. The van der Waals surface area contributed by atoms with Crippen molar-refractivity contribution in [3.8, 4) is 17.0 Å². The Bertz CT molecular complexity index is 1130. The third-order valence-corrected chi connectivity index (χ3v) is 5.83. The molecule has 2 N–H and O–H groups in total. The maximum absolute atomic E-state index is 12.9. The summed E-state index contributed by atoms with van der Waals surface area (Å²) in [4.78, 5) is 17.4. The Labute approximate surface area is 185 Å². The summed E-state index contributed by atoms with van der Waals surface area (Å²) in [7, 11) is 1.84. The van der Waals surface area contributed by atoms with Crippen LogP contribution in [0.5, 0.6) is 5.75 Å². The molecule has 0 radical (unpaired) electrons. The molecule has 0 unspecified atom stereocenters. The van der Waals surface area contributed by atoms with Gasteiger partial charge in [-0.3, -0.25) is 9.48 Å². The molecule has 2 aliphatic rings. The summed E-state index contributed by atoms with van der Waals surface area (Å²) in [5.74, 6) is 0.482. The van der Waals surface area contributed by atoms with Gasteiger partial charge in [-0.05, 0) is 18.1 Å². The summed E-state index contributed by atoms with van der Waals surface area (Å²) >= 11 is 0. The molecule has 0 spiro atoms. The maximum atomic E-state index is 12.9.